The summed E-state index contributed by atoms with van der Waals surface area (Å²) in [6.07, 6.45) is 0.126. The number of aliphatic hydroxyl groups excluding tert-OH is 1. The van der Waals surface area contributed by atoms with E-state index in [1.807, 2.05) is 5.32 Å². The summed E-state index contributed by atoms with van der Waals surface area (Å²) in [5.74, 6) is -3.67. The smallest absolute Gasteiger partial charge is 0.261 e. The summed E-state index contributed by atoms with van der Waals surface area (Å²) in [6, 6.07) is -2.51. The van der Waals surface area contributed by atoms with Crippen molar-refractivity contribution < 1.29 is 33.9 Å². The molecule has 0 aromatic rings. The first-order valence-corrected chi connectivity index (χ1v) is 11.9. The van der Waals surface area contributed by atoms with Crippen LogP contribution in [0.5, 0.6) is 0 Å². The van der Waals surface area contributed by atoms with E-state index in [4.69, 9.17) is 0 Å². The van der Waals surface area contributed by atoms with E-state index in [-0.39, 0.29) is 11.9 Å². The molecule has 2 fully saturated rings. The quantitative estimate of drug-likeness (QED) is 0.238. The summed E-state index contributed by atoms with van der Waals surface area (Å²) in [6.45, 7) is 7.01. The van der Waals surface area contributed by atoms with Gasteiger partial charge in [-0.25, -0.2) is 0 Å². The van der Waals surface area contributed by atoms with Gasteiger partial charge in [-0.2, -0.15) is 0 Å². The summed E-state index contributed by atoms with van der Waals surface area (Å²) < 4.78 is 0. The Hall–Kier alpha value is -3.06. The topological polar surface area (TPSA) is 177 Å². The van der Waals surface area contributed by atoms with Gasteiger partial charge >= 0.3 is 0 Å². The van der Waals surface area contributed by atoms with E-state index >= 15 is 0 Å². The van der Waals surface area contributed by atoms with Crippen molar-refractivity contribution in [3.8, 4) is 0 Å². The first-order chi connectivity index (χ1) is 16.4. The second-order valence-corrected chi connectivity index (χ2v) is 9.17. The van der Waals surface area contributed by atoms with Gasteiger partial charge in [-0.05, 0) is 53.0 Å². The molecule has 35 heavy (non-hydrogen) atoms. The van der Waals surface area contributed by atoms with E-state index < -0.39 is 60.2 Å². The lowest BCUT2D eigenvalue weighted by atomic mass is 10.1. The third-order valence-electron chi connectivity index (χ3n) is 5.93. The van der Waals surface area contributed by atoms with Crippen molar-refractivity contribution in [3.05, 3.63) is 0 Å². The first kappa shape index (κ1) is 28.2. The van der Waals surface area contributed by atoms with Crippen molar-refractivity contribution in [2.45, 2.75) is 90.1 Å². The molecule has 2 aliphatic heterocycles. The predicted octanol–water partition coefficient (Wildman–Crippen LogP) is -2.08. The molecule has 13 heteroatoms. The summed E-state index contributed by atoms with van der Waals surface area (Å²) in [4.78, 5) is 75.1. The maximum Gasteiger partial charge on any atom is 0.261 e. The number of imide groups is 1. The van der Waals surface area contributed by atoms with Crippen LogP contribution in [0.3, 0.4) is 0 Å². The Morgan fingerprint density at radius 2 is 1.74 bits per heavy atom. The highest BCUT2D eigenvalue weighted by Crippen LogP contribution is 2.19. The van der Waals surface area contributed by atoms with Crippen molar-refractivity contribution in [1.29, 1.82) is 0 Å². The Labute approximate surface area is 204 Å². The summed E-state index contributed by atoms with van der Waals surface area (Å²) in [7, 11) is 0. The molecular weight excluding hydrogens is 460 g/mol. The number of rotatable bonds is 8. The van der Waals surface area contributed by atoms with Crippen molar-refractivity contribution >= 4 is 35.4 Å². The molecular formula is C22H36N6O7. The second-order valence-electron chi connectivity index (χ2n) is 9.17. The zero-order valence-corrected chi connectivity index (χ0v) is 20.6. The lowest BCUT2D eigenvalue weighted by molar-refractivity contribution is -0.151. The Morgan fingerprint density at radius 3 is 2.31 bits per heavy atom. The summed E-state index contributed by atoms with van der Waals surface area (Å²) in [5, 5.41) is 18.6. The fourth-order valence-electron chi connectivity index (χ4n) is 4.12. The highest BCUT2D eigenvalue weighted by atomic mass is 16.3. The van der Waals surface area contributed by atoms with E-state index in [1.165, 1.54) is 4.90 Å². The number of nitrogens with one attached hydrogen (secondary N) is 4. The molecule has 2 aliphatic rings. The van der Waals surface area contributed by atoms with Gasteiger partial charge in [0.1, 0.15) is 18.2 Å². The van der Waals surface area contributed by atoms with Crippen LogP contribution in [0.2, 0.25) is 0 Å². The molecule has 2 saturated heterocycles. The Kier molecular flexibility index (Phi) is 10.1. The van der Waals surface area contributed by atoms with E-state index in [2.05, 4.69) is 16.1 Å². The normalized spacial score (nSPS) is 21.3. The van der Waals surface area contributed by atoms with Gasteiger partial charge in [-0.3, -0.25) is 44.5 Å². The number of carbonyl (C=O) groups excluding carboxylic acids is 6. The number of hydrogen-bond acceptors (Lipinski definition) is 8. The standard InChI is InChI=1S/C22H36N6O7/c1-12(2)28(18(31)11-17(30)21(34)25-14(4)29)26-20(33)16-8-6-10-27(16)22(35)13(3)24-19(32)15-7-5-9-23-15/h12-13,15-17,23,30H,5-11H2,1-4H3,(H,24,32)(H,26,33)(H,25,29,34)/t13-,15-,16-,17?/m0/s1. The maximum atomic E-state index is 13.0. The fourth-order valence-corrected chi connectivity index (χ4v) is 4.12. The Balaban J connectivity index is 1.99. The highest BCUT2D eigenvalue weighted by Gasteiger charge is 2.38. The van der Waals surface area contributed by atoms with Gasteiger partial charge in [-0.15, -0.1) is 0 Å². The van der Waals surface area contributed by atoms with Crippen LogP contribution in [-0.4, -0.2) is 93.8 Å². The van der Waals surface area contributed by atoms with Gasteiger partial charge in [0.15, 0.2) is 0 Å². The van der Waals surface area contributed by atoms with Crippen molar-refractivity contribution in [2.24, 2.45) is 0 Å². The van der Waals surface area contributed by atoms with Gasteiger partial charge in [0, 0.05) is 19.5 Å². The molecule has 2 heterocycles. The lowest BCUT2D eigenvalue weighted by Crippen LogP contribution is -2.58. The van der Waals surface area contributed by atoms with Gasteiger partial charge in [0.25, 0.3) is 11.8 Å². The molecule has 0 aromatic heterocycles. The number of carbonyl (C=O) groups is 6. The molecule has 0 spiro atoms. The van der Waals surface area contributed by atoms with Crippen LogP contribution in [0.1, 0.15) is 59.8 Å². The molecule has 0 radical (unpaired) electrons. The molecule has 4 atom stereocenters. The number of hydrogen-bond donors (Lipinski definition) is 5. The van der Waals surface area contributed by atoms with Crippen LogP contribution in [-0.2, 0) is 28.8 Å². The van der Waals surface area contributed by atoms with Gasteiger partial charge < -0.3 is 20.6 Å². The van der Waals surface area contributed by atoms with Crippen molar-refractivity contribution in [1.82, 2.24) is 31.3 Å². The minimum Gasteiger partial charge on any atom is -0.383 e. The lowest BCUT2D eigenvalue weighted by Gasteiger charge is -2.32. The molecule has 13 nitrogen and oxygen atoms in total. The SMILES string of the molecule is CC(=O)NC(=O)C(O)CC(=O)N(NC(=O)[C@@H]1CCCN1C(=O)[C@H](C)NC(=O)[C@@H]1CCCN1)C(C)C. The van der Waals surface area contributed by atoms with Crippen LogP contribution in [0, 0.1) is 0 Å². The second kappa shape index (κ2) is 12.6. The van der Waals surface area contributed by atoms with Crippen LogP contribution in [0.4, 0.5) is 0 Å². The molecule has 6 amide bonds. The van der Waals surface area contributed by atoms with Crippen LogP contribution < -0.4 is 21.4 Å². The molecule has 0 bridgehead atoms. The zero-order valence-electron chi connectivity index (χ0n) is 20.6. The van der Waals surface area contributed by atoms with E-state index in [1.54, 1.807) is 20.8 Å². The third-order valence-corrected chi connectivity index (χ3v) is 5.93. The third kappa shape index (κ3) is 7.72. The minimum atomic E-state index is -1.77. The highest BCUT2D eigenvalue weighted by molar-refractivity contribution is 5.98. The van der Waals surface area contributed by atoms with E-state index in [0.717, 1.165) is 24.9 Å². The average Bonchev–Trinajstić information content (AvgIpc) is 3.48. The minimum absolute atomic E-state index is 0.257. The first-order valence-electron chi connectivity index (χ1n) is 11.9. The van der Waals surface area contributed by atoms with Crippen LogP contribution in [0.25, 0.3) is 0 Å². The number of likely N-dealkylation sites (tertiary alicyclic amines) is 1. The Morgan fingerprint density at radius 1 is 1.06 bits per heavy atom. The number of nitrogens with zero attached hydrogens (tertiary/aromatic N) is 2. The molecule has 5 N–H and O–H groups in total. The molecule has 1 unspecified atom stereocenters. The van der Waals surface area contributed by atoms with Crippen molar-refractivity contribution in [3.63, 3.8) is 0 Å². The van der Waals surface area contributed by atoms with Gasteiger partial charge in [-0.1, -0.05) is 0 Å². The number of aliphatic hydroxyl groups is 1. The largest absolute Gasteiger partial charge is 0.383 e. The fraction of sp³-hybridized carbons (Fsp3) is 0.727. The number of hydrazine groups is 1. The summed E-state index contributed by atoms with van der Waals surface area (Å²) >= 11 is 0. The van der Waals surface area contributed by atoms with Crippen LogP contribution in [0.15, 0.2) is 0 Å². The van der Waals surface area contributed by atoms with E-state index in [9.17, 15) is 33.9 Å². The molecule has 0 aromatic carbocycles. The monoisotopic (exact) mass is 496 g/mol. The van der Waals surface area contributed by atoms with Crippen LogP contribution >= 0.6 is 0 Å². The zero-order chi connectivity index (χ0) is 26.3. The molecule has 0 saturated carbocycles. The molecule has 196 valence electrons. The Bertz CT molecular complexity index is 842. The van der Waals surface area contributed by atoms with Gasteiger partial charge in [0.2, 0.25) is 23.6 Å². The maximum absolute atomic E-state index is 13.0. The molecule has 2 rings (SSSR count). The summed E-state index contributed by atoms with van der Waals surface area (Å²) in [5.41, 5.74) is 2.50. The predicted molar refractivity (Wildman–Crippen MR) is 123 cm³/mol. The average molecular weight is 497 g/mol. The van der Waals surface area contributed by atoms with Crippen molar-refractivity contribution in [2.75, 3.05) is 13.1 Å². The van der Waals surface area contributed by atoms with E-state index in [0.29, 0.717) is 25.8 Å². The molecule has 0 aliphatic carbocycles. The van der Waals surface area contributed by atoms with Gasteiger partial charge in [0.05, 0.1) is 12.5 Å². The number of amides is 6.